The minimum Gasteiger partial charge on any atom is -0.398 e. The van der Waals surface area contributed by atoms with Gasteiger partial charge < -0.3 is 11.1 Å². The number of hydrogen-bond donors (Lipinski definition) is 3. The Kier molecular flexibility index (Phi) is 6.80. The highest BCUT2D eigenvalue weighted by molar-refractivity contribution is 7.92. The molecule has 1 aromatic heterocycles. The Hall–Kier alpha value is -5.08. The van der Waals surface area contributed by atoms with Crippen LogP contribution in [0.3, 0.4) is 0 Å². The van der Waals surface area contributed by atoms with Crippen LogP contribution in [0.1, 0.15) is 5.56 Å². The van der Waals surface area contributed by atoms with E-state index in [0.717, 1.165) is 46.6 Å². The first-order chi connectivity index (χ1) is 19.4. The summed E-state index contributed by atoms with van der Waals surface area (Å²) >= 11 is 0. The monoisotopic (exact) mass is 593 g/mol. The van der Waals surface area contributed by atoms with Gasteiger partial charge in [0.2, 0.25) is 0 Å². The number of nitrogens with two attached hydrogens (primary N) is 1. The van der Waals surface area contributed by atoms with Crippen molar-refractivity contribution in [3.63, 3.8) is 0 Å². The molecule has 11 nitrogen and oxygen atoms in total. The second kappa shape index (κ2) is 10.1. The van der Waals surface area contributed by atoms with E-state index in [0.29, 0.717) is 5.39 Å². The molecule has 0 spiro atoms. The maximum Gasteiger partial charge on any atom is 0.269 e. The Labute approximate surface area is 233 Å². The molecule has 0 aliphatic rings. The number of nitrogen functional groups attached to an aromatic ring is 1. The number of nitrogens with one attached hydrogen (secondary N) is 2. The lowest BCUT2D eigenvalue weighted by Crippen LogP contribution is -2.15. The molecule has 14 heteroatoms. The number of fused-ring (bicyclic) bond motifs is 1. The molecule has 5 rings (SSSR count). The molecular formula is C27H20FN5O6S2. The number of rotatable bonds is 8. The van der Waals surface area contributed by atoms with Crippen molar-refractivity contribution in [2.24, 2.45) is 0 Å². The fraction of sp³-hybridized carbons (Fsp3) is 0. The van der Waals surface area contributed by atoms with E-state index in [4.69, 9.17) is 11.1 Å². The van der Waals surface area contributed by atoms with Gasteiger partial charge in [0.05, 0.1) is 25.9 Å². The molecule has 0 aliphatic heterocycles. The molecule has 4 aromatic carbocycles. The number of benzene rings is 4. The molecular weight excluding hydrogens is 573 g/mol. The molecule has 208 valence electrons. The van der Waals surface area contributed by atoms with Crippen LogP contribution in [0.4, 0.5) is 21.5 Å². The topological polar surface area (TPSA) is 178 Å². The highest BCUT2D eigenvalue weighted by atomic mass is 32.2. The van der Waals surface area contributed by atoms with E-state index in [1.54, 1.807) is 18.2 Å². The van der Waals surface area contributed by atoms with E-state index in [1.807, 2.05) is 0 Å². The van der Waals surface area contributed by atoms with Gasteiger partial charge in [0.1, 0.15) is 5.82 Å². The van der Waals surface area contributed by atoms with Gasteiger partial charge in [-0.05, 0) is 65.7 Å². The SMILES string of the molecule is N=Cc1c(N)cc(-c2cc(F)cc3c2ccn3S(=O)(=O)c2ccc([N+](=O)[O-])cc2)cc1NS(=O)(=O)c1ccccc1. The zero-order chi connectivity index (χ0) is 29.5. The van der Waals surface area contributed by atoms with Crippen LogP contribution in [-0.2, 0) is 20.0 Å². The zero-order valence-electron chi connectivity index (χ0n) is 20.9. The molecule has 0 radical (unpaired) electrons. The normalized spacial score (nSPS) is 11.8. The van der Waals surface area contributed by atoms with Gasteiger partial charge in [0.25, 0.3) is 25.7 Å². The van der Waals surface area contributed by atoms with Crippen molar-refractivity contribution in [2.45, 2.75) is 9.79 Å². The van der Waals surface area contributed by atoms with Gasteiger partial charge in [-0.2, -0.15) is 0 Å². The van der Waals surface area contributed by atoms with E-state index in [1.165, 1.54) is 36.5 Å². The van der Waals surface area contributed by atoms with Crippen molar-refractivity contribution >= 4 is 54.2 Å². The highest BCUT2D eigenvalue weighted by Crippen LogP contribution is 2.37. The molecule has 4 N–H and O–H groups in total. The minimum atomic E-state index is -4.28. The van der Waals surface area contributed by atoms with E-state index in [2.05, 4.69) is 4.72 Å². The van der Waals surface area contributed by atoms with Crippen LogP contribution in [0, 0.1) is 21.3 Å². The minimum absolute atomic E-state index is 0.0263. The van der Waals surface area contributed by atoms with Crippen LogP contribution in [-0.4, -0.2) is 31.9 Å². The largest absolute Gasteiger partial charge is 0.398 e. The average molecular weight is 594 g/mol. The van der Waals surface area contributed by atoms with E-state index < -0.39 is 30.8 Å². The summed E-state index contributed by atoms with van der Waals surface area (Å²) in [5, 5.41) is 19.0. The molecule has 0 saturated carbocycles. The van der Waals surface area contributed by atoms with Gasteiger partial charge in [-0.25, -0.2) is 25.2 Å². The summed E-state index contributed by atoms with van der Waals surface area (Å²) in [6, 6.07) is 18.3. The van der Waals surface area contributed by atoms with Crippen LogP contribution in [0.25, 0.3) is 22.0 Å². The van der Waals surface area contributed by atoms with Crippen LogP contribution < -0.4 is 10.5 Å². The van der Waals surface area contributed by atoms with Gasteiger partial charge in [-0.3, -0.25) is 14.8 Å². The third-order valence-corrected chi connectivity index (χ3v) is 9.39. The number of nitro groups is 1. The van der Waals surface area contributed by atoms with Crippen LogP contribution in [0.5, 0.6) is 0 Å². The van der Waals surface area contributed by atoms with E-state index in [-0.39, 0.29) is 49.1 Å². The van der Waals surface area contributed by atoms with E-state index in [9.17, 15) is 31.3 Å². The first kappa shape index (κ1) is 27.5. The number of aromatic nitrogens is 1. The van der Waals surface area contributed by atoms with Crippen molar-refractivity contribution < 1.29 is 26.1 Å². The molecule has 1 heterocycles. The van der Waals surface area contributed by atoms with Gasteiger partial charge in [-0.1, -0.05) is 18.2 Å². The van der Waals surface area contributed by atoms with Gasteiger partial charge in [0.15, 0.2) is 0 Å². The maximum atomic E-state index is 14.9. The number of hydrogen-bond acceptors (Lipinski definition) is 8. The fourth-order valence-electron chi connectivity index (χ4n) is 4.37. The van der Waals surface area contributed by atoms with Crippen LogP contribution >= 0.6 is 0 Å². The Balaban J connectivity index is 1.65. The number of nitrogens with zero attached hydrogens (tertiary/aromatic N) is 2. The number of halogens is 1. The molecule has 0 aliphatic carbocycles. The molecule has 5 aromatic rings. The van der Waals surface area contributed by atoms with E-state index >= 15 is 0 Å². The second-order valence-corrected chi connectivity index (χ2v) is 12.3. The molecule has 41 heavy (non-hydrogen) atoms. The smallest absolute Gasteiger partial charge is 0.269 e. The molecule has 0 amide bonds. The Bertz CT molecular complexity index is 2060. The number of nitro benzene ring substituents is 1. The Morgan fingerprint density at radius 1 is 0.927 bits per heavy atom. The predicted octanol–water partition coefficient (Wildman–Crippen LogP) is 4.97. The maximum absolute atomic E-state index is 14.9. The van der Waals surface area contributed by atoms with Gasteiger partial charge in [0, 0.05) is 41.2 Å². The van der Waals surface area contributed by atoms with Crippen molar-refractivity contribution in [3.05, 3.63) is 113 Å². The lowest BCUT2D eigenvalue weighted by atomic mass is 9.98. The quantitative estimate of drug-likeness (QED) is 0.0983. The highest BCUT2D eigenvalue weighted by Gasteiger charge is 2.23. The summed E-state index contributed by atoms with van der Waals surface area (Å²) in [5.74, 6) is -0.785. The van der Waals surface area contributed by atoms with Crippen molar-refractivity contribution in [1.82, 2.24) is 3.97 Å². The first-order valence-electron chi connectivity index (χ1n) is 11.8. The van der Waals surface area contributed by atoms with Crippen LogP contribution in [0.2, 0.25) is 0 Å². The summed E-state index contributed by atoms with van der Waals surface area (Å²) in [4.78, 5) is 10.0. The summed E-state index contributed by atoms with van der Waals surface area (Å²) in [6.07, 6.45) is 2.11. The standard InChI is InChI=1S/C27H20FN5O6S2/c28-18-14-23(17-12-25(30)24(16-29)26(13-17)31-40(36,37)20-4-2-1-3-5-20)22-10-11-32(27(22)15-18)41(38,39)21-8-6-19(7-9-21)33(34)35/h1-16,29,31H,30H2. The Morgan fingerprint density at radius 3 is 2.24 bits per heavy atom. The second-order valence-electron chi connectivity index (χ2n) is 8.84. The zero-order valence-corrected chi connectivity index (χ0v) is 22.5. The van der Waals surface area contributed by atoms with Crippen molar-refractivity contribution in [3.8, 4) is 11.1 Å². The number of anilines is 2. The molecule has 0 atom stereocenters. The number of sulfonamides is 1. The summed E-state index contributed by atoms with van der Waals surface area (Å²) in [7, 11) is -8.36. The van der Waals surface area contributed by atoms with Crippen molar-refractivity contribution in [2.75, 3.05) is 10.5 Å². The average Bonchev–Trinajstić information content (AvgIpc) is 3.37. The fourth-order valence-corrected chi connectivity index (χ4v) is 6.80. The molecule has 0 saturated heterocycles. The summed E-state index contributed by atoms with van der Waals surface area (Å²) in [6.45, 7) is 0. The Morgan fingerprint density at radius 2 is 1.61 bits per heavy atom. The summed E-state index contributed by atoms with van der Waals surface area (Å²) in [5.41, 5.74) is 6.39. The van der Waals surface area contributed by atoms with Gasteiger partial charge >= 0.3 is 0 Å². The molecule has 0 unspecified atom stereocenters. The molecule has 0 fully saturated rings. The first-order valence-corrected chi connectivity index (χ1v) is 14.7. The third kappa shape index (κ3) is 5.01. The lowest BCUT2D eigenvalue weighted by molar-refractivity contribution is -0.384. The van der Waals surface area contributed by atoms with Gasteiger partial charge in [-0.15, -0.1) is 0 Å². The third-order valence-electron chi connectivity index (χ3n) is 6.31. The predicted molar refractivity (Wildman–Crippen MR) is 153 cm³/mol. The number of non-ortho nitro benzene ring substituents is 1. The molecule has 0 bridgehead atoms. The lowest BCUT2D eigenvalue weighted by Gasteiger charge is -2.15. The van der Waals surface area contributed by atoms with Crippen molar-refractivity contribution in [1.29, 1.82) is 5.41 Å². The van der Waals surface area contributed by atoms with Crippen LogP contribution in [0.15, 0.2) is 101 Å². The summed E-state index contributed by atoms with van der Waals surface area (Å²) < 4.78 is 71.0.